The maximum Gasteiger partial charge on any atom is 0.213 e. The Kier molecular flexibility index (Phi) is 4.21. The van der Waals surface area contributed by atoms with E-state index < -0.39 is 0 Å². The van der Waals surface area contributed by atoms with Crippen molar-refractivity contribution < 1.29 is 4.57 Å². The number of nitrogens with zero attached hydrogens (tertiary/aromatic N) is 1. The van der Waals surface area contributed by atoms with Crippen LogP contribution in [0, 0.1) is 6.92 Å². The van der Waals surface area contributed by atoms with Gasteiger partial charge in [0.25, 0.3) is 0 Å². The van der Waals surface area contributed by atoms with E-state index >= 15 is 0 Å². The molecule has 2 aromatic carbocycles. The van der Waals surface area contributed by atoms with Crippen LogP contribution in [0.2, 0.25) is 0 Å². The fraction of sp³-hybridized carbons (Fsp3) is 0.318. The minimum atomic E-state index is 0.530. The van der Waals surface area contributed by atoms with Crippen LogP contribution in [0.3, 0.4) is 0 Å². The predicted octanol–water partition coefficient (Wildman–Crippen LogP) is 5.33. The largest absolute Gasteiger partial charge is 0.213 e. The molecule has 0 spiro atoms. The molecule has 3 aromatic rings. The van der Waals surface area contributed by atoms with Gasteiger partial charge in [-0.2, -0.15) is 0 Å². The van der Waals surface area contributed by atoms with Gasteiger partial charge in [-0.05, 0) is 53.5 Å². The molecular formula is C22H26N+. The lowest BCUT2D eigenvalue weighted by atomic mass is 9.94. The smallest absolute Gasteiger partial charge is 0.200 e. The Morgan fingerprint density at radius 2 is 1.83 bits per heavy atom. The highest BCUT2D eigenvalue weighted by molar-refractivity contribution is 5.87. The zero-order valence-corrected chi connectivity index (χ0v) is 14.9. The average molecular weight is 304 g/mol. The standard InChI is InChI=1S/C22H26N/c1-6-17-11-10-16(4)20(12-17)22-13-21-18(14-23(22)5)8-7-9-19(21)15(2)3/h7-15H,6H2,1-5H3/q+1. The minimum absolute atomic E-state index is 0.530. The van der Waals surface area contributed by atoms with Gasteiger partial charge < -0.3 is 0 Å². The molecule has 0 N–H and O–H groups in total. The molecule has 0 atom stereocenters. The Morgan fingerprint density at radius 3 is 2.52 bits per heavy atom. The minimum Gasteiger partial charge on any atom is -0.200 e. The number of hydrogen-bond acceptors (Lipinski definition) is 0. The molecule has 23 heavy (non-hydrogen) atoms. The first-order valence-electron chi connectivity index (χ1n) is 8.53. The van der Waals surface area contributed by atoms with Crippen LogP contribution in [0.1, 0.15) is 43.4 Å². The van der Waals surface area contributed by atoms with E-state index in [1.54, 1.807) is 0 Å². The predicted molar refractivity (Wildman–Crippen MR) is 98.8 cm³/mol. The maximum absolute atomic E-state index is 2.37. The second kappa shape index (κ2) is 6.16. The molecule has 0 unspecified atom stereocenters. The molecule has 0 radical (unpaired) electrons. The van der Waals surface area contributed by atoms with Crippen molar-refractivity contribution in [1.29, 1.82) is 0 Å². The third kappa shape index (κ3) is 2.88. The lowest BCUT2D eigenvalue weighted by Crippen LogP contribution is -2.30. The summed E-state index contributed by atoms with van der Waals surface area (Å²) >= 11 is 0. The zero-order valence-electron chi connectivity index (χ0n) is 14.9. The highest BCUT2D eigenvalue weighted by atomic mass is 14.9. The fourth-order valence-corrected chi connectivity index (χ4v) is 3.33. The molecule has 0 amide bonds. The van der Waals surface area contributed by atoms with Gasteiger partial charge in [0, 0.05) is 17.0 Å². The van der Waals surface area contributed by atoms with Gasteiger partial charge in [0.2, 0.25) is 5.69 Å². The molecule has 1 heterocycles. The number of fused-ring (bicyclic) bond motifs is 1. The van der Waals surface area contributed by atoms with Gasteiger partial charge in [0.1, 0.15) is 7.05 Å². The summed E-state index contributed by atoms with van der Waals surface area (Å²) < 4.78 is 2.26. The Hall–Kier alpha value is -2.15. The van der Waals surface area contributed by atoms with Crippen molar-refractivity contribution in [2.24, 2.45) is 7.05 Å². The number of aryl methyl sites for hydroxylation is 3. The Labute approximate surface area is 139 Å². The van der Waals surface area contributed by atoms with Gasteiger partial charge in [-0.15, -0.1) is 0 Å². The topological polar surface area (TPSA) is 3.88 Å². The molecule has 0 aliphatic heterocycles. The van der Waals surface area contributed by atoms with E-state index in [2.05, 4.69) is 88.0 Å². The first-order chi connectivity index (χ1) is 11.0. The van der Waals surface area contributed by atoms with Crippen LogP contribution >= 0.6 is 0 Å². The van der Waals surface area contributed by atoms with Crippen molar-refractivity contribution >= 4 is 10.8 Å². The van der Waals surface area contributed by atoms with E-state index in [0.29, 0.717) is 5.92 Å². The first-order valence-corrected chi connectivity index (χ1v) is 8.53. The highest BCUT2D eigenvalue weighted by Gasteiger charge is 2.16. The number of pyridine rings is 1. The van der Waals surface area contributed by atoms with E-state index in [1.165, 1.54) is 38.7 Å². The summed E-state index contributed by atoms with van der Waals surface area (Å²) in [6.07, 6.45) is 3.33. The molecular weight excluding hydrogens is 278 g/mol. The van der Waals surface area contributed by atoms with Gasteiger partial charge >= 0.3 is 0 Å². The number of rotatable bonds is 3. The van der Waals surface area contributed by atoms with E-state index in [1.807, 2.05) is 0 Å². The van der Waals surface area contributed by atoms with Crippen molar-refractivity contribution in [1.82, 2.24) is 0 Å². The summed E-state index contributed by atoms with van der Waals surface area (Å²) in [4.78, 5) is 0. The summed E-state index contributed by atoms with van der Waals surface area (Å²) in [6, 6.07) is 15.8. The van der Waals surface area contributed by atoms with Crippen molar-refractivity contribution in [3.05, 3.63) is 65.4 Å². The molecule has 118 valence electrons. The van der Waals surface area contributed by atoms with Gasteiger partial charge in [0.15, 0.2) is 6.20 Å². The van der Waals surface area contributed by atoms with Crippen LogP contribution in [0.15, 0.2) is 48.7 Å². The van der Waals surface area contributed by atoms with Crippen LogP contribution in [-0.2, 0) is 13.5 Å². The van der Waals surface area contributed by atoms with Crippen LogP contribution < -0.4 is 4.57 Å². The van der Waals surface area contributed by atoms with Crippen LogP contribution in [0.25, 0.3) is 22.0 Å². The zero-order chi connectivity index (χ0) is 16.6. The third-order valence-corrected chi connectivity index (χ3v) is 4.78. The Balaban J connectivity index is 2.30. The summed E-state index contributed by atoms with van der Waals surface area (Å²) in [6.45, 7) is 8.95. The summed E-state index contributed by atoms with van der Waals surface area (Å²) in [7, 11) is 2.15. The van der Waals surface area contributed by atoms with Gasteiger partial charge in [-0.3, -0.25) is 0 Å². The normalized spacial score (nSPS) is 11.4. The number of hydrogen-bond donors (Lipinski definition) is 0. The molecule has 0 aliphatic rings. The van der Waals surface area contributed by atoms with E-state index in [9.17, 15) is 0 Å². The van der Waals surface area contributed by atoms with Crippen molar-refractivity contribution in [3.63, 3.8) is 0 Å². The Bertz CT molecular complexity index is 859. The molecule has 0 fully saturated rings. The average Bonchev–Trinajstić information content (AvgIpc) is 2.54. The van der Waals surface area contributed by atoms with Crippen LogP contribution in [0.5, 0.6) is 0 Å². The second-order valence-corrected chi connectivity index (χ2v) is 6.78. The molecule has 0 bridgehead atoms. The van der Waals surface area contributed by atoms with Gasteiger partial charge in [-0.25, -0.2) is 4.57 Å². The highest BCUT2D eigenvalue weighted by Crippen LogP contribution is 2.29. The lowest BCUT2D eigenvalue weighted by Gasteiger charge is -2.12. The molecule has 1 heteroatoms. The number of aromatic nitrogens is 1. The first kappa shape index (κ1) is 15.7. The number of benzene rings is 2. The molecule has 0 aliphatic carbocycles. The SMILES string of the molecule is CCc1ccc(C)c(-c2cc3c(C(C)C)cccc3c[n+]2C)c1. The van der Waals surface area contributed by atoms with Crippen LogP contribution in [0.4, 0.5) is 0 Å². The van der Waals surface area contributed by atoms with Gasteiger partial charge in [-0.1, -0.05) is 45.0 Å². The molecule has 1 aromatic heterocycles. The van der Waals surface area contributed by atoms with E-state index in [4.69, 9.17) is 0 Å². The van der Waals surface area contributed by atoms with Crippen molar-refractivity contribution in [2.45, 2.75) is 40.0 Å². The Morgan fingerprint density at radius 1 is 1.04 bits per heavy atom. The molecule has 0 saturated heterocycles. The van der Waals surface area contributed by atoms with Gasteiger partial charge in [0.05, 0.1) is 0 Å². The lowest BCUT2D eigenvalue weighted by molar-refractivity contribution is -0.659. The molecule has 1 nitrogen and oxygen atoms in total. The van der Waals surface area contributed by atoms with E-state index in [-0.39, 0.29) is 0 Å². The fourth-order valence-electron chi connectivity index (χ4n) is 3.33. The maximum atomic E-state index is 2.37. The summed E-state index contributed by atoms with van der Waals surface area (Å²) in [5, 5.41) is 2.68. The van der Waals surface area contributed by atoms with E-state index in [0.717, 1.165) is 6.42 Å². The summed E-state index contributed by atoms with van der Waals surface area (Å²) in [5.74, 6) is 0.530. The quantitative estimate of drug-likeness (QED) is 0.576. The van der Waals surface area contributed by atoms with Crippen molar-refractivity contribution in [2.75, 3.05) is 0 Å². The van der Waals surface area contributed by atoms with Crippen LogP contribution in [-0.4, -0.2) is 0 Å². The molecule has 0 saturated carbocycles. The summed E-state index contributed by atoms with van der Waals surface area (Å²) in [5.41, 5.74) is 6.78. The van der Waals surface area contributed by atoms with Crippen molar-refractivity contribution in [3.8, 4) is 11.3 Å². The second-order valence-electron chi connectivity index (χ2n) is 6.78. The third-order valence-electron chi connectivity index (χ3n) is 4.78. The molecule has 3 rings (SSSR count). The monoisotopic (exact) mass is 304 g/mol.